The number of carbonyl (C=O) groups is 1. The number of nitrogens with one attached hydrogen (secondary N) is 2. The third-order valence-corrected chi connectivity index (χ3v) is 4.86. The molecule has 2 aromatic heterocycles. The van der Waals surface area contributed by atoms with E-state index in [-0.39, 0.29) is 11.4 Å². The molecule has 6 nitrogen and oxygen atoms in total. The topological polar surface area (TPSA) is 70.2 Å². The Kier molecular flexibility index (Phi) is 2.64. The predicted molar refractivity (Wildman–Crippen MR) is 78.0 cm³/mol. The van der Waals surface area contributed by atoms with E-state index in [4.69, 9.17) is 0 Å². The molecule has 0 saturated carbocycles. The number of rotatable bonds is 1. The number of amides is 1. The Morgan fingerprint density at radius 3 is 3.10 bits per heavy atom. The minimum atomic E-state index is -0.0882. The summed E-state index contributed by atoms with van der Waals surface area (Å²) in [5, 5.41) is 8.44. The minimum Gasteiger partial charge on any atom is -0.355 e. The first-order valence-corrected chi connectivity index (χ1v) is 7.59. The highest BCUT2D eigenvalue weighted by molar-refractivity contribution is 7.17. The molecule has 0 radical (unpaired) electrons. The molecule has 0 unspecified atom stereocenters. The molecule has 7 heteroatoms. The molecule has 2 fully saturated rings. The number of thiophene rings is 1. The fourth-order valence-electron chi connectivity index (χ4n) is 3.02. The third-order valence-electron chi connectivity index (χ3n) is 3.96. The van der Waals surface area contributed by atoms with Gasteiger partial charge >= 0.3 is 0 Å². The van der Waals surface area contributed by atoms with Crippen LogP contribution in [0, 0.1) is 0 Å². The van der Waals surface area contributed by atoms with Gasteiger partial charge in [-0.25, -0.2) is 9.97 Å². The average molecular weight is 289 g/mol. The number of aromatic nitrogens is 2. The predicted octanol–water partition coefficient (Wildman–Crippen LogP) is 0.360. The summed E-state index contributed by atoms with van der Waals surface area (Å²) in [5.41, 5.74) is 0.905. The maximum absolute atomic E-state index is 11.7. The molecule has 0 aliphatic carbocycles. The Labute approximate surface area is 120 Å². The Balaban J connectivity index is 1.58. The van der Waals surface area contributed by atoms with Crippen LogP contribution in [0.3, 0.4) is 0 Å². The zero-order valence-corrected chi connectivity index (χ0v) is 11.7. The number of hydrogen-bond acceptors (Lipinski definition) is 6. The Morgan fingerprint density at radius 2 is 2.20 bits per heavy atom. The molecule has 0 bridgehead atoms. The lowest BCUT2D eigenvalue weighted by Crippen LogP contribution is -2.70. The van der Waals surface area contributed by atoms with E-state index in [1.807, 2.05) is 11.4 Å². The van der Waals surface area contributed by atoms with Crippen LogP contribution in [0.4, 0.5) is 5.82 Å². The molecule has 2 saturated heterocycles. The van der Waals surface area contributed by atoms with E-state index in [2.05, 4.69) is 25.5 Å². The normalized spacial score (nSPS) is 21.6. The smallest absolute Gasteiger partial charge is 0.222 e. The molecule has 104 valence electrons. The summed E-state index contributed by atoms with van der Waals surface area (Å²) in [7, 11) is 0. The fraction of sp³-hybridized carbons (Fsp3) is 0.462. The second-order valence-electron chi connectivity index (χ2n) is 5.42. The molecule has 0 atom stereocenters. The fourth-order valence-corrected chi connectivity index (χ4v) is 3.88. The maximum Gasteiger partial charge on any atom is 0.222 e. The molecule has 0 aromatic carbocycles. The summed E-state index contributed by atoms with van der Waals surface area (Å²) in [5.74, 6) is 1.13. The highest BCUT2D eigenvalue weighted by Crippen LogP contribution is 2.35. The Hall–Kier alpha value is -1.73. The first kappa shape index (κ1) is 12.0. The van der Waals surface area contributed by atoms with Crippen LogP contribution < -0.4 is 15.5 Å². The van der Waals surface area contributed by atoms with Crippen LogP contribution in [0.15, 0.2) is 17.8 Å². The van der Waals surface area contributed by atoms with Gasteiger partial charge in [0.1, 0.15) is 12.1 Å². The van der Waals surface area contributed by atoms with Gasteiger partial charge < -0.3 is 15.5 Å². The van der Waals surface area contributed by atoms with Gasteiger partial charge in [0.05, 0.1) is 15.8 Å². The molecule has 1 spiro atoms. The van der Waals surface area contributed by atoms with E-state index in [0.29, 0.717) is 13.0 Å². The van der Waals surface area contributed by atoms with Crippen molar-refractivity contribution in [2.75, 3.05) is 31.1 Å². The van der Waals surface area contributed by atoms with Crippen molar-refractivity contribution in [1.82, 2.24) is 20.6 Å². The van der Waals surface area contributed by atoms with Crippen LogP contribution in [0.25, 0.3) is 10.2 Å². The summed E-state index contributed by atoms with van der Waals surface area (Å²) < 4.78 is 1.13. The summed E-state index contributed by atoms with van der Waals surface area (Å²) in [6.07, 6.45) is 2.16. The average Bonchev–Trinajstić information content (AvgIpc) is 2.79. The van der Waals surface area contributed by atoms with Gasteiger partial charge in [0.2, 0.25) is 5.91 Å². The lowest BCUT2D eigenvalue weighted by Gasteiger charge is -2.50. The Bertz CT molecular complexity index is 664. The van der Waals surface area contributed by atoms with Crippen LogP contribution >= 0.6 is 11.3 Å². The highest BCUT2D eigenvalue weighted by Gasteiger charge is 2.46. The number of carbonyl (C=O) groups excluding carboxylic acids is 1. The van der Waals surface area contributed by atoms with Crippen molar-refractivity contribution >= 4 is 33.3 Å². The number of anilines is 1. The van der Waals surface area contributed by atoms with Gasteiger partial charge in [0.15, 0.2) is 0 Å². The molecule has 2 aliphatic heterocycles. The molecular formula is C13H15N5OS. The monoisotopic (exact) mass is 289 g/mol. The molecule has 4 rings (SSSR count). The van der Waals surface area contributed by atoms with Gasteiger partial charge in [0.25, 0.3) is 0 Å². The zero-order chi connectivity index (χ0) is 13.6. The van der Waals surface area contributed by atoms with Crippen molar-refractivity contribution in [2.45, 2.75) is 12.0 Å². The molecule has 20 heavy (non-hydrogen) atoms. The molecule has 2 aliphatic rings. The highest BCUT2D eigenvalue weighted by atomic mass is 32.1. The van der Waals surface area contributed by atoms with Gasteiger partial charge in [-0.3, -0.25) is 4.79 Å². The third kappa shape index (κ3) is 1.85. The standard InChI is InChI=1S/C13H15N5OS/c19-10-5-13(17-3-2-14-10)6-18(7-13)12-11-9(1-4-20-11)15-8-16-12/h1,4,8,17H,2-3,5-7H2,(H,14,19). The summed E-state index contributed by atoms with van der Waals surface area (Å²) in [4.78, 5) is 22.6. The molecule has 2 N–H and O–H groups in total. The van der Waals surface area contributed by atoms with Gasteiger partial charge in [-0.15, -0.1) is 11.3 Å². The van der Waals surface area contributed by atoms with Crippen LogP contribution in [-0.4, -0.2) is 47.6 Å². The van der Waals surface area contributed by atoms with E-state index in [1.54, 1.807) is 17.7 Å². The zero-order valence-electron chi connectivity index (χ0n) is 10.9. The summed E-state index contributed by atoms with van der Waals surface area (Å²) >= 11 is 1.66. The lowest BCUT2D eigenvalue weighted by atomic mass is 9.86. The summed E-state index contributed by atoms with van der Waals surface area (Å²) in [6, 6.07) is 2.01. The first-order valence-electron chi connectivity index (χ1n) is 6.71. The maximum atomic E-state index is 11.7. The van der Waals surface area contributed by atoms with E-state index in [0.717, 1.165) is 35.7 Å². The van der Waals surface area contributed by atoms with Gasteiger partial charge in [-0.1, -0.05) is 0 Å². The number of hydrogen-bond donors (Lipinski definition) is 2. The van der Waals surface area contributed by atoms with Gasteiger partial charge in [-0.05, 0) is 11.4 Å². The minimum absolute atomic E-state index is 0.0882. The van der Waals surface area contributed by atoms with Crippen LogP contribution in [0.5, 0.6) is 0 Å². The van der Waals surface area contributed by atoms with E-state index < -0.39 is 0 Å². The van der Waals surface area contributed by atoms with Crippen molar-refractivity contribution < 1.29 is 4.79 Å². The van der Waals surface area contributed by atoms with Gasteiger partial charge in [-0.2, -0.15) is 0 Å². The van der Waals surface area contributed by atoms with E-state index >= 15 is 0 Å². The molecule has 2 aromatic rings. The Morgan fingerprint density at radius 1 is 1.30 bits per heavy atom. The largest absolute Gasteiger partial charge is 0.355 e. The molecule has 4 heterocycles. The quantitative estimate of drug-likeness (QED) is 0.793. The molecular weight excluding hydrogens is 274 g/mol. The number of nitrogens with zero attached hydrogens (tertiary/aromatic N) is 3. The van der Waals surface area contributed by atoms with Crippen molar-refractivity contribution in [2.24, 2.45) is 0 Å². The van der Waals surface area contributed by atoms with E-state index in [9.17, 15) is 4.79 Å². The SMILES string of the molecule is O=C1CC2(CN(c3ncnc4ccsc34)C2)NCCN1. The van der Waals surface area contributed by atoms with Crippen molar-refractivity contribution in [3.63, 3.8) is 0 Å². The van der Waals surface area contributed by atoms with Crippen molar-refractivity contribution in [1.29, 1.82) is 0 Å². The van der Waals surface area contributed by atoms with E-state index in [1.165, 1.54) is 0 Å². The summed E-state index contributed by atoms with van der Waals surface area (Å²) in [6.45, 7) is 3.19. The van der Waals surface area contributed by atoms with Crippen LogP contribution in [-0.2, 0) is 4.79 Å². The first-order chi connectivity index (χ1) is 9.76. The van der Waals surface area contributed by atoms with Gasteiger partial charge in [0, 0.05) is 32.6 Å². The second-order valence-corrected chi connectivity index (χ2v) is 6.34. The van der Waals surface area contributed by atoms with Crippen molar-refractivity contribution in [3.8, 4) is 0 Å². The van der Waals surface area contributed by atoms with Crippen LogP contribution in [0.1, 0.15) is 6.42 Å². The molecule has 1 amide bonds. The lowest BCUT2D eigenvalue weighted by molar-refractivity contribution is -0.122. The second kappa shape index (κ2) is 4.39. The van der Waals surface area contributed by atoms with Crippen LogP contribution in [0.2, 0.25) is 0 Å². The van der Waals surface area contributed by atoms with Crippen molar-refractivity contribution in [3.05, 3.63) is 17.8 Å². The number of fused-ring (bicyclic) bond motifs is 1.